The summed E-state index contributed by atoms with van der Waals surface area (Å²) in [6, 6.07) is 7.89. The van der Waals surface area contributed by atoms with Gasteiger partial charge in [0.05, 0.1) is 22.7 Å². The van der Waals surface area contributed by atoms with Crippen molar-refractivity contribution in [1.29, 1.82) is 0 Å². The van der Waals surface area contributed by atoms with Crippen LogP contribution >= 0.6 is 35.6 Å². The molecule has 1 aromatic carbocycles. The summed E-state index contributed by atoms with van der Waals surface area (Å²) >= 11 is 13.4. The van der Waals surface area contributed by atoms with E-state index in [2.05, 4.69) is 16.7 Å². The average Bonchev–Trinajstić information content (AvgIpc) is 2.95. The number of anilines is 1. The largest absolute Gasteiger partial charge is 0.468 e. The van der Waals surface area contributed by atoms with E-state index < -0.39 is 0 Å². The molecule has 0 aliphatic heterocycles. The molecule has 0 aliphatic carbocycles. The highest BCUT2D eigenvalue weighted by atomic mass is 35.5. The van der Waals surface area contributed by atoms with E-state index in [9.17, 15) is 0 Å². The van der Waals surface area contributed by atoms with Crippen LogP contribution in [-0.2, 0) is 5.75 Å². The van der Waals surface area contributed by atoms with Crippen LogP contribution in [0.3, 0.4) is 0 Å². The van der Waals surface area contributed by atoms with Crippen LogP contribution in [0.4, 0.5) is 5.69 Å². The van der Waals surface area contributed by atoms with E-state index in [4.69, 9.17) is 28.2 Å². The fourth-order valence-electron chi connectivity index (χ4n) is 2.04. The van der Waals surface area contributed by atoms with Gasteiger partial charge < -0.3 is 15.1 Å². The van der Waals surface area contributed by atoms with Gasteiger partial charge in [-0.15, -0.1) is 0 Å². The van der Waals surface area contributed by atoms with Gasteiger partial charge in [0, 0.05) is 12.3 Å². The molecule has 1 heterocycles. The number of halogens is 1. The summed E-state index contributed by atoms with van der Waals surface area (Å²) in [5, 5.41) is 7.64. The molecule has 6 heteroatoms. The molecular formula is C16H19ClN2OS2. The molecule has 22 heavy (non-hydrogen) atoms. The van der Waals surface area contributed by atoms with Crippen LogP contribution < -0.4 is 10.6 Å². The Hall–Kier alpha value is -1.17. The van der Waals surface area contributed by atoms with Gasteiger partial charge in [0.15, 0.2) is 5.11 Å². The molecule has 1 aromatic heterocycles. The van der Waals surface area contributed by atoms with Gasteiger partial charge in [-0.25, -0.2) is 0 Å². The van der Waals surface area contributed by atoms with E-state index in [1.165, 1.54) is 0 Å². The number of thioether (sulfide) groups is 1. The number of hydrogen-bond acceptors (Lipinski definition) is 3. The lowest BCUT2D eigenvalue weighted by Gasteiger charge is -2.14. The lowest BCUT2D eigenvalue weighted by Crippen LogP contribution is -2.30. The quantitative estimate of drug-likeness (QED) is 0.577. The molecule has 0 spiro atoms. The van der Waals surface area contributed by atoms with E-state index in [-0.39, 0.29) is 0 Å². The Kier molecular flexibility index (Phi) is 6.61. The topological polar surface area (TPSA) is 37.2 Å². The van der Waals surface area contributed by atoms with Crippen molar-refractivity contribution in [2.75, 3.05) is 17.6 Å². The maximum Gasteiger partial charge on any atom is 0.170 e. The lowest BCUT2D eigenvalue weighted by atomic mass is 10.1. The van der Waals surface area contributed by atoms with Crippen LogP contribution in [-0.4, -0.2) is 17.4 Å². The zero-order valence-electron chi connectivity index (χ0n) is 12.6. The van der Waals surface area contributed by atoms with E-state index in [0.29, 0.717) is 10.1 Å². The van der Waals surface area contributed by atoms with Gasteiger partial charge in [0.2, 0.25) is 0 Å². The van der Waals surface area contributed by atoms with Crippen LogP contribution in [0, 0.1) is 13.8 Å². The van der Waals surface area contributed by atoms with Crippen molar-refractivity contribution in [3.63, 3.8) is 0 Å². The highest BCUT2D eigenvalue weighted by Gasteiger charge is 2.07. The molecule has 2 N–H and O–H groups in total. The number of benzene rings is 1. The van der Waals surface area contributed by atoms with Gasteiger partial charge in [-0.3, -0.25) is 0 Å². The summed E-state index contributed by atoms with van der Waals surface area (Å²) in [6.45, 7) is 4.83. The van der Waals surface area contributed by atoms with E-state index >= 15 is 0 Å². The second-order valence-electron chi connectivity index (χ2n) is 4.95. The summed E-state index contributed by atoms with van der Waals surface area (Å²) in [4.78, 5) is 0. The van der Waals surface area contributed by atoms with Gasteiger partial charge >= 0.3 is 0 Å². The number of aryl methyl sites for hydroxylation is 2. The maximum atomic E-state index is 6.26. The number of hydrogen-bond donors (Lipinski definition) is 2. The minimum atomic E-state index is 0.590. The Labute approximate surface area is 145 Å². The third kappa shape index (κ3) is 5.23. The Morgan fingerprint density at radius 3 is 2.86 bits per heavy atom. The molecule has 0 bridgehead atoms. The van der Waals surface area contributed by atoms with Crippen molar-refractivity contribution < 1.29 is 4.42 Å². The molecule has 0 saturated heterocycles. The van der Waals surface area contributed by atoms with Crippen molar-refractivity contribution in [3.05, 3.63) is 52.4 Å². The molecule has 0 aliphatic rings. The fraction of sp³-hybridized carbons (Fsp3) is 0.312. The highest BCUT2D eigenvalue weighted by Crippen LogP contribution is 2.27. The smallest absolute Gasteiger partial charge is 0.170 e. The molecule has 3 nitrogen and oxygen atoms in total. The van der Waals surface area contributed by atoms with Crippen molar-refractivity contribution in [2.45, 2.75) is 19.6 Å². The second kappa shape index (κ2) is 8.46. The second-order valence-corrected chi connectivity index (χ2v) is 6.87. The predicted octanol–water partition coefficient (Wildman–Crippen LogP) is 4.77. The van der Waals surface area contributed by atoms with E-state index in [1.807, 2.05) is 32.0 Å². The standard InChI is InChI=1S/C16H19ClN2OS2/c1-11-8-12(2)15(14(17)9-11)19-16(21)18-5-7-22-10-13-4-3-6-20-13/h3-4,6,8-9H,5,7,10H2,1-2H3,(H2,18,19,21). The minimum Gasteiger partial charge on any atom is -0.468 e. The zero-order valence-corrected chi connectivity index (χ0v) is 15.0. The summed E-state index contributed by atoms with van der Waals surface area (Å²) in [5.74, 6) is 2.81. The number of furan rings is 1. The third-order valence-electron chi connectivity index (χ3n) is 3.03. The fourth-order valence-corrected chi connectivity index (χ4v) is 3.36. The van der Waals surface area contributed by atoms with Gasteiger partial charge in [-0.05, 0) is 55.4 Å². The van der Waals surface area contributed by atoms with Gasteiger partial charge in [0.25, 0.3) is 0 Å². The summed E-state index contributed by atoms with van der Waals surface area (Å²) < 4.78 is 5.28. The molecule has 0 atom stereocenters. The van der Waals surface area contributed by atoms with Crippen molar-refractivity contribution in [2.24, 2.45) is 0 Å². The predicted molar refractivity (Wildman–Crippen MR) is 100 cm³/mol. The maximum absolute atomic E-state index is 6.26. The minimum absolute atomic E-state index is 0.590. The molecule has 0 amide bonds. The molecule has 0 radical (unpaired) electrons. The first-order chi connectivity index (χ1) is 10.6. The van der Waals surface area contributed by atoms with Crippen molar-refractivity contribution in [3.8, 4) is 0 Å². The number of thiocarbonyl (C=S) groups is 1. The highest BCUT2D eigenvalue weighted by molar-refractivity contribution is 7.98. The first-order valence-electron chi connectivity index (χ1n) is 6.98. The Morgan fingerprint density at radius 1 is 1.36 bits per heavy atom. The van der Waals surface area contributed by atoms with Crippen LogP contribution in [0.15, 0.2) is 34.9 Å². The van der Waals surface area contributed by atoms with Gasteiger partial charge in [0.1, 0.15) is 5.76 Å². The lowest BCUT2D eigenvalue weighted by molar-refractivity contribution is 0.530. The summed E-state index contributed by atoms with van der Waals surface area (Å²) in [6.07, 6.45) is 1.70. The molecule has 0 saturated carbocycles. The molecule has 118 valence electrons. The molecule has 0 fully saturated rings. The van der Waals surface area contributed by atoms with E-state index in [1.54, 1.807) is 18.0 Å². The Bertz CT molecular complexity index is 606. The van der Waals surface area contributed by atoms with Crippen LogP contribution in [0.25, 0.3) is 0 Å². The first-order valence-corrected chi connectivity index (χ1v) is 8.92. The number of nitrogens with one attached hydrogen (secondary N) is 2. The Morgan fingerprint density at radius 2 is 2.18 bits per heavy atom. The van der Waals surface area contributed by atoms with Crippen LogP contribution in [0.5, 0.6) is 0 Å². The first kappa shape index (κ1) is 17.2. The Balaban J connectivity index is 1.72. The van der Waals surface area contributed by atoms with E-state index in [0.717, 1.165) is 40.6 Å². The molecule has 2 rings (SSSR count). The zero-order chi connectivity index (χ0) is 15.9. The summed E-state index contributed by atoms with van der Waals surface area (Å²) in [7, 11) is 0. The van der Waals surface area contributed by atoms with Crippen molar-refractivity contribution >= 4 is 46.4 Å². The summed E-state index contributed by atoms with van der Waals surface area (Å²) in [5.41, 5.74) is 3.09. The van der Waals surface area contributed by atoms with Gasteiger partial charge in [-0.1, -0.05) is 17.7 Å². The molecule has 2 aromatic rings. The van der Waals surface area contributed by atoms with Crippen LogP contribution in [0.2, 0.25) is 5.02 Å². The molecular weight excluding hydrogens is 336 g/mol. The SMILES string of the molecule is Cc1cc(C)c(NC(=S)NCCSCc2ccco2)c(Cl)c1. The third-order valence-corrected chi connectivity index (χ3v) is 4.55. The monoisotopic (exact) mass is 354 g/mol. The van der Waals surface area contributed by atoms with Gasteiger partial charge in [-0.2, -0.15) is 11.8 Å². The van der Waals surface area contributed by atoms with Crippen LogP contribution in [0.1, 0.15) is 16.9 Å². The molecule has 0 unspecified atom stereocenters. The average molecular weight is 355 g/mol. The van der Waals surface area contributed by atoms with Crippen molar-refractivity contribution in [1.82, 2.24) is 5.32 Å². The number of rotatable bonds is 6. The normalized spacial score (nSPS) is 10.5.